The first-order chi connectivity index (χ1) is 16.5. The summed E-state index contributed by atoms with van der Waals surface area (Å²) in [5.74, 6) is -1.84. The molecule has 12 heteroatoms. The van der Waals surface area contributed by atoms with Gasteiger partial charge in [0.05, 0.1) is 17.0 Å². The Bertz CT molecular complexity index is 1220. The van der Waals surface area contributed by atoms with Crippen molar-refractivity contribution in [2.24, 2.45) is 0 Å². The van der Waals surface area contributed by atoms with Crippen LogP contribution in [0, 0.1) is 5.82 Å². The zero-order valence-corrected chi connectivity index (χ0v) is 23.7. The first-order valence-electron chi connectivity index (χ1n) is 11.0. The number of carbonyl (C=O) groups is 2. The highest BCUT2D eigenvalue weighted by molar-refractivity contribution is 7.92. The minimum absolute atomic E-state index is 0.000155. The zero-order chi connectivity index (χ0) is 27.4. The molecule has 36 heavy (non-hydrogen) atoms. The number of benzene rings is 2. The van der Waals surface area contributed by atoms with Crippen LogP contribution >= 0.6 is 34.8 Å². The lowest BCUT2D eigenvalue weighted by atomic mass is 10.1. The van der Waals surface area contributed by atoms with E-state index in [1.165, 1.54) is 11.0 Å². The second-order valence-corrected chi connectivity index (χ2v) is 12.4. The fourth-order valence-corrected chi connectivity index (χ4v) is 5.01. The minimum atomic E-state index is -3.99. The van der Waals surface area contributed by atoms with E-state index in [2.05, 4.69) is 5.32 Å². The average Bonchev–Trinajstić information content (AvgIpc) is 2.73. The number of sulfonamides is 1. The molecular weight excluding hydrogens is 552 g/mol. The molecule has 0 saturated carbocycles. The van der Waals surface area contributed by atoms with E-state index >= 15 is 0 Å². The number of rotatable bonds is 9. The maximum Gasteiger partial charge on any atom is 0.244 e. The number of halogens is 4. The van der Waals surface area contributed by atoms with Gasteiger partial charge in [-0.15, -0.1) is 0 Å². The zero-order valence-electron chi connectivity index (χ0n) is 20.6. The van der Waals surface area contributed by atoms with E-state index in [9.17, 15) is 22.4 Å². The second-order valence-electron chi connectivity index (χ2n) is 9.25. The van der Waals surface area contributed by atoms with Gasteiger partial charge in [0.15, 0.2) is 0 Å². The SMILES string of the molecule is CCC(C(=O)NC(C)(C)C)N(Cc1c(Cl)cccc1Cl)C(=O)CN(c1ccc(F)c(Cl)c1)S(C)(=O)=O. The Hall–Kier alpha value is -2.07. The van der Waals surface area contributed by atoms with Gasteiger partial charge in [0, 0.05) is 27.7 Å². The van der Waals surface area contributed by atoms with Gasteiger partial charge >= 0.3 is 0 Å². The molecule has 2 aromatic rings. The summed E-state index contributed by atoms with van der Waals surface area (Å²) in [5, 5.41) is 3.14. The molecule has 1 unspecified atom stereocenters. The Morgan fingerprint density at radius 2 is 1.64 bits per heavy atom. The van der Waals surface area contributed by atoms with E-state index in [0.29, 0.717) is 5.56 Å². The maximum absolute atomic E-state index is 13.7. The van der Waals surface area contributed by atoms with Crippen molar-refractivity contribution < 1.29 is 22.4 Å². The molecule has 0 bridgehead atoms. The molecule has 0 aliphatic heterocycles. The van der Waals surface area contributed by atoms with Crippen LogP contribution in [0.1, 0.15) is 39.7 Å². The van der Waals surface area contributed by atoms with Crippen LogP contribution in [-0.4, -0.2) is 49.5 Å². The molecule has 2 amide bonds. The number of hydrogen-bond acceptors (Lipinski definition) is 4. The van der Waals surface area contributed by atoms with Gasteiger partial charge in [0.2, 0.25) is 21.8 Å². The third-order valence-corrected chi connectivity index (χ3v) is 7.28. The van der Waals surface area contributed by atoms with Crippen LogP contribution in [0.4, 0.5) is 10.1 Å². The first kappa shape index (κ1) is 30.2. The summed E-state index contributed by atoms with van der Waals surface area (Å²) < 4.78 is 39.7. The molecule has 1 atom stereocenters. The molecule has 0 saturated heterocycles. The molecule has 2 aromatic carbocycles. The lowest BCUT2D eigenvalue weighted by molar-refractivity contribution is -0.141. The van der Waals surface area contributed by atoms with Gasteiger partial charge < -0.3 is 10.2 Å². The van der Waals surface area contributed by atoms with Crippen molar-refractivity contribution in [1.29, 1.82) is 0 Å². The van der Waals surface area contributed by atoms with Gasteiger partial charge in [-0.1, -0.05) is 47.8 Å². The number of nitrogens with one attached hydrogen (secondary N) is 1. The van der Waals surface area contributed by atoms with Crippen molar-refractivity contribution in [3.8, 4) is 0 Å². The quantitative estimate of drug-likeness (QED) is 0.438. The molecule has 0 heterocycles. The molecule has 0 aliphatic carbocycles. The molecule has 0 aromatic heterocycles. The van der Waals surface area contributed by atoms with Crippen molar-refractivity contribution in [2.75, 3.05) is 17.1 Å². The number of carbonyl (C=O) groups excluding carboxylic acids is 2. The number of anilines is 1. The Labute approximate surface area is 226 Å². The number of nitrogens with zero attached hydrogens (tertiary/aromatic N) is 2. The van der Waals surface area contributed by atoms with E-state index in [1.807, 2.05) is 0 Å². The van der Waals surface area contributed by atoms with Gasteiger partial charge in [0.25, 0.3) is 0 Å². The largest absolute Gasteiger partial charge is 0.350 e. The summed E-state index contributed by atoms with van der Waals surface area (Å²) in [6, 6.07) is 7.22. The van der Waals surface area contributed by atoms with E-state index in [1.54, 1.807) is 45.9 Å². The molecular formula is C24H29Cl3FN3O4S. The molecule has 0 spiro atoms. The van der Waals surface area contributed by atoms with Crippen molar-refractivity contribution in [3.05, 3.63) is 62.8 Å². The van der Waals surface area contributed by atoms with Crippen LogP contribution in [0.2, 0.25) is 15.1 Å². The Morgan fingerprint density at radius 3 is 2.11 bits per heavy atom. The summed E-state index contributed by atoms with van der Waals surface area (Å²) in [6.45, 7) is 6.34. The topological polar surface area (TPSA) is 86.8 Å². The van der Waals surface area contributed by atoms with Crippen LogP contribution in [0.3, 0.4) is 0 Å². The van der Waals surface area contributed by atoms with Gasteiger partial charge in [-0.05, 0) is 57.5 Å². The summed E-state index contributed by atoms with van der Waals surface area (Å²) in [4.78, 5) is 28.1. The Morgan fingerprint density at radius 1 is 1.06 bits per heavy atom. The molecule has 1 N–H and O–H groups in total. The van der Waals surface area contributed by atoms with Gasteiger partial charge in [-0.3, -0.25) is 13.9 Å². The fourth-order valence-electron chi connectivity index (χ4n) is 3.48. The van der Waals surface area contributed by atoms with E-state index in [0.717, 1.165) is 22.7 Å². The van der Waals surface area contributed by atoms with Crippen LogP contribution in [-0.2, 0) is 26.2 Å². The number of hydrogen-bond donors (Lipinski definition) is 1. The molecule has 198 valence electrons. The Balaban J connectivity index is 2.54. The normalized spacial score (nSPS) is 12.7. The van der Waals surface area contributed by atoms with Crippen LogP contribution in [0.15, 0.2) is 36.4 Å². The van der Waals surface area contributed by atoms with E-state index < -0.39 is 45.8 Å². The highest BCUT2D eigenvalue weighted by Gasteiger charge is 2.33. The first-order valence-corrected chi connectivity index (χ1v) is 14.0. The van der Waals surface area contributed by atoms with Crippen molar-refractivity contribution in [1.82, 2.24) is 10.2 Å². The molecule has 2 rings (SSSR count). The van der Waals surface area contributed by atoms with Crippen LogP contribution < -0.4 is 9.62 Å². The lowest BCUT2D eigenvalue weighted by Gasteiger charge is -2.34. The fraction of sp³-hybridized carbons (Fsp3) is 0.417. The Kier molecular flexibility index (Phi) is 10.0. The highest BCUT2D eigenvalue weighted by Crippen LogP contribution is 2.28. The second kappa shape index (κ2) is 12.0. The summed E-state index contributed by atoms with van der Waals surface area (Å²) in [5.41, 5.74) is -0.169. The van der Waals surface area contributed by atoms with Crippen LogP contribution in [0.5, 0.6) is 0 Å². The van der Waals surface area contributed by atoms with E-state index in [-0.39, 0.29) is 33.7 Å². The smallest absolute Gasteiger partial charge is 0.244 e. The van der Waals surface area contributed by atoms with Gasteiger partial charge in [0.1, 0.15) is 18.4 Å². The lowest BCUT2D eigenvalue weighted by Crippen LogP contribution is -2.55. The third kappa shape index (κ3) is 7.96. The average molecular weight is 581 g/mol. The molecule has 0 aliphatic rings. The predicted molar refractivity (Wildman–Crippen MR) is 143 cm³/mol. The summed E-state index contributed by atoms with van der Waals surface area (Å²) >= 11 is 18.5. The van der Waals surface area contributed by atoms with Crippen molar-refractivity contribution in [3.63, 3.8) is 0 Å². The van der Waals surface area contributed by atoms with Crippen LogP contribution in [0.25, 0.3) is 0 Å². The monoisotopic (exact) mass is 579 g/mol. The molecule has 7 nitrogen and oxygen atoms in total. The molecule has 0 radical (unpaired) electrons. The maximum atomic E-state index is 13.7. The van der Waals surface area contributed by atoms with Gasteiger partial charge in [-0.25, -0.2) is 12.8 Å². The molecule has 0 fully saturated rings. The van der Waals surface area contributed by atoms with E-state index in [4.69, 9.17) is 34.8 Å². The highest BCUT2D eigenvalue weighted by atomic mass is 35.5. The van der Waals surface area contributed by atoms with Crippen molar-refractivity contribution in [2.45, 2.75) is 52.2 Å². The predicted octanol–water partition coefficient (Wildman–Crippen LogP) is 5.27. The minimum Gasteiger partial charge on any atom is -0.350 e. The third-order valence-electron chi connectivity index (χ3n) is 5.14. The standard InChI is InChI=1S/C24H29Cl3FN3O4S/c1-6-21(23(33)29-24(2,3)4)30(13-16-17(25)8-7-9-18(16)26)22(32)14-31(36(5,34)35)15-10-11-20(28)19(27)12-15/h7-12,21H,6,13-14H2,1-5H3,(H,29,33). The number of amides is 2. The summed E-state index contributed by atoms with van der Waals surface area (Å²) in [7, 11) is -3.99. The van der Waals surface area contributed by atoms with Gasteiger partial charge in [-0.2, -0.15) is 0 Å². The summed E-state index contributed by atoms with van der Waals surface area (Å²) in [6.07, 6.45) is 1.15. The van der Waals surface area contributed by atoms with Crippen molar-refractivity contribution >= 4 is 62.3 Å².